The van der Waals surface area contributed by atoms with Crippen molar-refractivity contribution in [3.63, 3.8) is 0 Å². The van der Waals surface area contributed by atoms with Gasteiger partial charge in [-0.15, -0.1) is 0 Å². The van der Waals surface area contributed by atoms with Gasteiger partial charge in [0.2, 0.25) is 0 Å². The van der Waals surface area contributed by atoms with Crippen LogP contribution in [0.4, 0.5) is 10.5 Å². The highest BCUT2D eigenvalue weighted by molar-refractivity contribution is 7.08. The lowest BCUT2D eigenvalue weighted by Crippen LogP contribution is -2.34. The van der Waals surface area contributed by atoms with Crippen molar-refractivity contribution < 1.29 is 9.53 Å². The standard InChI is InChI=1S/C20H22N4O2S/c25-20(24-10-2-6-19(24)16-7-13-27-15-16)22-17-4-1-5-18(14-17)26-12-11-23-9-3-8-21-23/h1,3-5,7-9,13-15,19H,2,6,10-12H2,(H,22,25). The van der Waals surface area contributed by atoms with Crippen molar-refractivity contribution in [2.45, 2.75) is 25.4 Å². The molecule has 0 bridgehead atoms. The first-order valence-electron chi connectivity index (χ1n) is 9.09. The number of hydrogen-bond donors (Lipinski definition) is 1. The molecule has 4 rings (SSSR count). The van der Waals surface area contributed by atoms with Crippen LogP contribution >= 0.6 is 11.3 Å². The first-order chi connectivity index (χ1) is 13.3. The van der Waals surface area contributed by atoms with E-state index in [0.717, 1.165) is 30.8 Å². The average molecular weight is 382 g/mol. The van der Waals surface area contributed by atoms with Crippen LogP contribution in [-0.2, 0) is 6.54 Å². The molecule has 0 saturated carbocycles. The maximum absolute atomic E-state index is 12.8. The Bertz CT molecular complexity index is 864. The predicted molar refractivity (Wildman–Crippen MR) is 106 cm³/mol. The molecule has 1 unspecified atom stereocenters. The minimum Gasteiger partial charge on any atom is -0.492 e. The summed E-state index contributed by atoms with van der Waals surface area (Å²) in [6, 6.07) is 11.6. The molecule has 140 valence electrons. The second-order valence-corrected chi connectivity index (χ2v) is 7.26. The van der Waals surface area contributed by atoms with Crippen LogP contribution in [0.25, 0.3) is 0 Å². The largest absolute Gasteiger partial charge is 0.492 e. The molecular formula is C20H22N4O2S. The van der Waals surface area contributed by atoms with Gasteiger partial charge in [0.25, 0.3) is 0 Å². The lowest BCUT2D eigenvalue weighted by atomic mass is 10.1. The van der Waals surface area contributed by atoms with Gasteiger partial charge in [-0.25, -0.2) is 4.79 Å². The molecule has 1 saturated heterocycles. The van der Waals surface area contributed by atoms with E-state index in [1.165, 1.54) is 5.56 Å². The monoisotopic (exact) mass is 382 g/mol. The second kappa shape index (κ2) is 8.26. The Morgan fingerprint density at radius 2 is 2.30 bits per heavy atom. The Labute approximate surface area is 162 Å². The number of nitrogens with one attached hydrogen (secondary N) is 1. The highest BCUT2D eigenvalue weighted by Crippen LogP contribution is 2.33. The number of aromatic nitrogens is 2. The van der Waals surface area contributed by atoms with E-state index >= 15 is 0 Å². The van der Waals surface area contributed by atoms with Crippen LogP contribution in [0, 0.1) is 0 Å². The summed E-state index contributed by atoms with van der Waals surface area (Å²) in [5.41, 5.74) is 1.97. The minimum atomic E-state index is -0.0580. The van der Waals surface area contributed by atoms with Crippen molar-refractivity contribution in [3.05, 3.63) is 65.1 Å². The third-order valence-corrected chi connectivity index (χ3v) is 5.38. The molecule has 1 aliphatic heterocycles. The van der Waals surface area contributed by atoms with Gasteiger partial charge in [0, 0.05) is 30.7 Å². The summed E-state index contributed by atoms with van der Waals surface area (Å²) in [6.45, 7) is 1.98. The topological polar surface area (TPSA) is 59.4 Å². The lowest BCUT2D eigenvalue weighted by molar-refractivity contribution is 0.207. The fourth-order valence-electron chi connectivity index (χ4n) is 3.37. The highest BCUT2D eigenvalue weighted by atomic mass is 32.1. The summed E-state index contributed by atoms with van der Waals surface area (Å²) < 4.78 is 7.61. The van der Waals surface area contributed by atoms with Crippen LogP contribution in [0.15, 0.2) is 59.6 Å². The predicted octanol–water partition coefficient (Wildman–Crippen LogP) is 4.39. The van der Waals surface area contributed by atoms with E-state index < -0.39 is 0 Å². The van der Waals surface area contributed by atoms with E-state index in [4.69, 9.17) is 4.74 Å². The summed E-state index contributed by atoms with van der Waals surface area (Å²) in [4.78, 5) is 14.7. The van der Waals surface area contributed by atoms with Crippen molar-refractivity contribution in [3.8, 4) is 5.75 Å². The molecular weight excluding hydrogens is 360 g/mol. The maximum Gasteiger partial charge on any atom is 0.322 e. The smallest absolute Gasteiger partial charge is 0.322 e. The fraction of sp³-hybridized carbons (Fsp3) is 0.300. The summed E-state index contributed by atoms with van der Waals surface area (Å²) in [5, 5.41) is 11.4. The number of nitrogens with zero attached hydrogens (tertiary/aromatic N) is 3. The van der Waals surface area contributed by atoms with E-state index in [1.54, 1.807) is 17.5 Å². The highest BCUT2D eigenvalue weighted by Gasteiger charge is 2.30. The third kappa shape index (κ3) is 4.31. The van der Waals surface area contributed by atoms with Crippen molar-refractivity contribution in [2.24, 2.45) is 0 Å². The lowest BCUT2D eigenvalue weighted by Gasteiger charge is -2.24. The van der Waals surface area contributed by atoms with Gasteiger partial charge in [0.1, 0.15) is 12.4 Å². The number of carbonyl (C=O) groups is 1. The van der Waals surface area contributed by atoms with Crippen molar-refractivity contribution in [1.29, 1.82) is 0 Å². The molecule has 7 heteroatoms. The molecule has 3 aromatic rings. The van der Waals surface area contributed by atoms with E-state index in [0.29, 0.717) is 13.2 Å². The first-order valence-corrected chi connectivity index (χ1v) is 10.0. The molecule has 1 atom stereocenters. The number of rotatable bonds is 6. The summed E-state index contributed by atoms with van der Waals surface area (Å²) >= 11 is 1.67. The number of hydrogen-bond acceptors (Lipinski definition) is 4. The van der Waals surface area contributed by atoms with Gasteiger partial charge in [0.05, 0.1) is 12.6 Å². The number of anilines is 1. The number of thiophene rings is 1. The Hall–Kier alpha value is -2.80. The first kappa shape index (κ1) is 17.6. The van der Waals surface area contributed by atoms with Crippen LogP contribution < -0.4 is 10.1 Å². The molecule has 2 aromatic heterocycles. The maximum atomic E-state index is 12.8. The van der Waals surface area contributed by atoms with E-state index in [9.17, 15) is 4.79 Å². The summed E-state index contributed by atoms with van der Waals surface area (Å²) in [7, 11) is 0. The Morgan fingerprint density at radius 1 is 1.33 bits per heavy atom. The molecule has 0 spiro atoms. The second-order valence-electron chi connectivity index (χ2n) is 6.48. The summed E-state index contributed by atoms with van der Waals surface area (Å²) in [5.74, 6) is 0.732. The van der Waals surface area contributed by atoms with Crippen molar-refractivity contribution >= 4 is 23.1 Å². The zero-order valence-electron chi connectivity index (χ0n) is 15.0. The van der Waals surface area contributed by atoms with Crippen molar-refractivity contribution in [2.75, 3.05) is 18.5 Å². The molecule has 27 heavy (non-hydrogen) atoms. The van der Waals surface area contributed by atoms with E-state index in [-0.39, 0.29) is 12.1 Å². The van der Waals surface area contributed by atoms with E-state index in [1.807, 2.05) is 46.1 Å². The molecule has 6 nitrogen and oxygen atoms in total. The van der Waals surface area contributed by atoms with E-state index in [2.05, 4.69) is 27.2 Å². The van der Waals surface area contributed by atoms with Gasteiger partial charge in [-0.2, -0.15) is 16.4 Å². The summed E-state index contributed by atoms with van der Waals surface area (Å²) in [6.07, 6.45) is 5.70. The van der Waals surface area contributed by atoms with Gasteiger partial charge in [-0.3, -0.25) is 4.68 Å². The van der Waals surface area contributed by atoms with Crippen molar-refractivity contribution in [1.82, 2.24) is 14.7 Å². The number of amides is 2. The van der Waals surface area contributed by atoms with Crippen LogP contribution in [-0.4, -0.2) is 33.9 Å². The number of benzene rings is 1. The Balaban J connectivity index is 1.35. The third-order valence-electron chi connectivity index (χ3n) is 4.68. The average Bonchev–Trinajstić information content (AvgIpc) is 3.43. The number of likely N-dealkylation sites (tertiary alicyclic amines) is 1. The van der Waals surface area contributed by atoms with Crippen LogP contribution in [0.2, 0.25) is 0 Å². The Morgan fingerprint density at radius 3 is 3.11 bits per heavy atom. The SMILES string of the molecule is O=C(Nc1cccc(OCCn2cccn2)c1)N1CCCC1c1ccsc1. The van der Waals surface area contributed by atoms with Gasteiger partial charge in [-0.05, 0) is 53.4 Å². The quantitative estimate of drug-likeness (QED) is 0.688. The van der Waals surface area contributed by atoms with Crippen LogP contribution in [0.3, 0.4) is 0 Å². The number of carbonyl (C=O) groups excluding carboxylic acids is 1. The number of ether oxygens (including phenoxy) is 1. The normalized spacial score (nSPS) is 16.4. The van der Waals surface area contributed by atoms with Crippen LogP contribution in [0.5, 0.6) is 5.75 Å². The van der Waals surface area contributed by atoms with Gasteiger partial charge >= 0.3 is 6.03 Å². The molecule has 1 fully saturated rings. The van der Waals surface area contributed by atoms with Gasteiger partial charge in [0.15, 0.2) is 0 Å². The fourth-order valence-corrected chi connectivity index (χ4v) is 4.08. The van der Waals surface area contributed by atoms with Gasteiger partial charge in [-0.1, -0.05) is 6.07 Å². The molecule has 0 radical (unpaired) electrons. The molecule has 1 aliphatic rings. The molecule has 2 amide bonds. The molecule has 3 heterocycles. The molecule has 1 N–H and O–H groups in total. The van der Waals surface area contributed by atoms with Gasteiger partial charge < -0.3 is 15.0 Å². The zero-order valence-corrected chi connectivity index (χ0v) is 15.8. The Kier molecular flexibility index (Phi) is 5.39. The number of urea groups is 1. The zero-order chi connectivity index (χ0) is 18.5. The van der Waals surface area contributed by atoms with Crippen LogP contribution in [0.1, 0.15) is 24.4 Å². The molecule has 1 aromatic carbocycles. The minimum absolute atomic E-state index is 0.0580. The molecule has 0 aliphatic carbocycles.